The molecule has 6 heteroatoms. The van der Waals surface area contributed by atoms with Gasteiger partial charge < -0.3 is 10.1 Å². The van der Waals surface area contributed by atoms with Gasteiger partial charge in [0.2, 0.25) is 5.82 Å². The van der Waals surface area contributed by atoms with E-state index in [4.69, 9.17) is 4.74 Å². The average molecular weight is 350 g/mol. The Balaban J connectivity index is 2.04. The molecule has 1 N–H and O–H groups in total. The van der Waals surface area contributed by atoms with Gasteiger partial charge in [0.1, 0.15) is 0 Å². The standard InChI is InChI=1S/C20H22N4O2/c1-14-6-4-8-16(12-14)19-22-18(20(25)21-10-11-26-3)23-24(19)17-9-5-7-15(2)13-17/h4-9,12-13H,10-11H2,1-3H3,(H,21,25). The number of rotatable bonds is 6. The molecule has 0 fully saturated rings. The summed E-state index contributed by atoms with van der Waals surface area (Å²) < 4.78 is 6.68. The van der Waals surface area contributed by atoms with Gasteiger partial charge in [-0.3, -0.25) is 4.79 Å². The summed E-state index contributed by atoms with van der Waals surface area (Å²) >= 11 is 0. The highest BCUT2D eigenvalue weighted by molar-refractivity contribution is 5.91. The molecule has 134 valence electrons. The second-order valence-corrected chi connectivity index (χ2v) is 6.13. The van der Waals surface area contributed by atoms with Gasteiger partial charge >= 0.3 is 0 Å². The first-order valence-corrected chi connectivity index (χ1v) is 8.47. The van der Waals surface area contributed by atoms with Crippen molar-refractivity contribution in [2.45, 2.75) is 13.8 Å². The lowest BCUT2D eigenvalue weighted by atomic mass is 10.1. The van der Waals surface area contributed by atoms with Crippen molar-refractivity contribution in [3.63, 3.8) is 0 Å². The Bertz CT molecular complexity index is 855. The molecule has 0 saturated carbocycles. The third kappa shape index (κ3) is 3.97. The van der Waals surface area contributed by atoms with E-state index in [0.717, 1.165) is 22.4 Å². The Kier molecular flexibility index (Phi) is 5.43. The minimum atomic E-state index is -0.317. The largest absolute Gasteiger partial charge is 0.383 e. The molecular weight excluding hydrogens is 328 g/mol. The van der Waals surface area contributed by atoms with Gasteiger partial charge in [-0.1, -0.05) is 35.9 Å². The molecule has 0 unspecified atom stereocenters. The molecule has 3 aromatic rings. The van der Waals surface area contributed by atoms with Crippen LogP contribution in [0.5, 0.6) is 0 Å². The topological polar surface area (TPSA) is 69.0 Å². The second kappa shape index (κ2) is 7.93. The van der Waals surface area contributed by atoms with Crippen LogP contribution in [0.1, 0.15) is 21.7 Å². The lowest BCUT2D eigenvalue weighted by molar-refractivity contribution is 0.0927. The van der Waals surface area contributed by atoms with Gasteiger partial charge in [0.15, 0.2) is 5.82 Å². The summed E-state index contributed by atoms with van der Waals surface area (Å²) in [5.74, 6) is 0.456. The van der Waals surface area contributed by atoms with Crippen molar-refractivity contribution < 1.29 is 9.53 Å². The van der Waals surface area contributed by atoms with E-state index in [2.05, 4.69) is 15.4 Å². The third-order valence-electron chi connectivity index (χ3n) is 3.92. The zero-order chi connectivity index (χ0) is 18.5. The van der Waals surface area contributed by atoms with E-state index in [9.17, 15) is 4.79 Å². The lowest BCUT2D eigenvalue weighted by Gasteiger charge is -2.07. The van der Waals surface area contributed by atoms with E-state index < -0.39 is 0 Å². The number of hydrogen-bond donors (Lipinski definition) is 1. The molecule has 0 spiro atoms. The van der Waals surface area contributed by atoms with Crippen molar-refractivity contribution >= 4 is 5.91 Å². The van der Waals surface area contributed by atoms with Crippen molar-refractivity contribution in [2.24, 2.45) is 0 Å². The van der Waals surface area contributed by atoms with Gasteiger partial charge in [-0.2, -0.15) is 0 Å². The molecule has 0 aliphatic carbocycles. The van der Waals surface area contributed by atoms with Crippen molar-refractivity contribution in [1.82, 2.24) is 20.1 Å². The predicted molar refractivity (Wildman–Crippen MR) is 100 cm³/mol. The normalized spacial score (nSPS) is 10.7. The monoisotopic (exact) mass is 350 g/mol. The van der Waals surface area contributed by atoms with Crippen LogP contribution in [0, 0.1) is 13.8 Å². The van der Waals surface area contributed by atoms with E-state index in [1.807, 2.05) is 62.4 Å². The Morgan fingerprint density at radius 2 is 1.85 bits per heavy atom. The predicted octanol–water partition coefficient (Wildman–Crippen LogP) is 2.93. The summed E-state index contributed by atoms with van der Waals surface area (Å²) in [5, 5.41) is 7.22. The van der Waals surface area contributed by atoms with Crippen molar-refractivity contribution in [3.05, 3.63) is 65.5 Å². The summed E-state index contributed by atoms with van der Waals surface area (Å²) in [5.41, 5.74) is 4.01. The Labute approximate surface area is 152 Å². The maximum Gasteiger partial charge on any atom is 0.291 e. The van der Waals surface area contributed by atoms with Crippen LogP contribution in [0.4, 0.5) is 0 Å². The van der Waals surface area contributed by atoms with Crippen LogP contribution in [0.25, 0.3) is 17.1 Å². The molecular formula is C20H22N4O2. The number of methoxy groups -OCH3 is 1. The van der Waals surface area contributed by atoms with E-state index in [1.165, 1.54) is 0 Å². The molecule has 3 rings (SSSR count). The molecule has 0 radical (unpaired) electrons. The molecule has 0 atom stereocenters. The van der Waals surface area contributed by atoms with Gasteiger partial charge in [0.25, 0.3) is 5.91 Å². The maximum atomic E-state index is 12.4. The third-order valence-corrected chi connectivity index (χ3v) is 3.92. The number of ether oxygens (including phenoxy) is 1. The van der Waals surface area contributed by atoms with E-state index >= 15 is 0 Å². The molecule has 1 amide bonds. The first-order chi connectivity index (χ1) is 12.6. The number of carbonyl (C=O) groups excluding carboxylic acids is 1. The molecule has 26 heavy (non-hydrogen) atoms. The van der Waals surface area contributed by atoms with Crippen molar-refractivity contribution in [2.75, 3.05) is 20.3 Å². The van der Waals surface area contributed by atoms with E-state index in [0.29, 0.717) is 19.0 Å². The summed E-state index contributed by atoms with van der Waals surface area (Å²) in [7, 11) is 1.59. The molecule has 0 saturated heterocycles. The minimum Gasteiger partial charge on any atom is -0.383 e. The molecule has 1 aromatic heterocycles. The number of aryl methyl sites for hydroxylation is 2. The fourth-order valence-electron chi connectivity index (χ4n) is 2.66. The molecule has 0 aliphatic heterocycles. The number of nitrogens with zero attached hydrogens (tertiary/aromatic N) is 3. The Morgan fingerprint density at radius 1 is 1.12 bits per heavy atom. The fraction of sp³-hybridized carbons (Fsp3) is 0.250. The maximum absolute atomic E-state index is 12.4. The quantitative estimate of drug-likeness (QED) is 0.694. The van der Waals surface area contributed by atoms with Crippen LogP contribution < -0.4 is 5.32 Å². The number of hydrogen-bond acceptors (Lipinski definition) is 4. The van der Waals surface area contributed by atoms with E-state index in [1.54, 1.807) is 11.8 Å². The minimum absolute atomic E-state index is 0.138. The summed E-state index contributed by atoms with van der Waals surface area (Å²) in [6, 6.07) is 15.9. The summed E-state index contributed by atoms with van der Waals surface area (Å²) in [4.78, 5) is 16.9. The van der Waals surface area contributed by atoms with Gasteiger partial charge in [0.05, 0.1) is 12.3 Å². The molecule has 0 bridgehead atoms. The SMILES string of the molecule is COCCNC(=O)c1nc(-c2cccc(C)c2)n(-c2cccc(C)c2)n1. The van der Waals surface area contributed by atoms with Crippen LogP contribution in [-0.4, -0.2) is 40.9 Å². The highest BCUT2D eigenvalue weighted by Crippen LogP contribution is 2.22. The molecule has 6 nitrogen and oxygen atoms in total. The molecule has 1 heterocycles. The van der Waals surface area contributed by atoms with Crippen molar-refractivity contribution in [3.8, 4) is 17.1 Å². The average Bonchev–Trinajstić information content (AvgIpc) is 3.07. The summed E-state index contributed by atoms with van der Waals surface area (Å²) in [6.07, 6.45) is 0. The fourth-order valence-corrected chi connectivity index (χ4v) is 2.66. The van der Waals surface area contributed by atoms with Crippen LogP contribution >= 0.6 is 0 Å². The smallest absolute Gasteiger partial charge is 0.291 e. The first kappa shape index (κ1) is 17.8. The Morgan fingerprint density at radius 3 is 2.54 bits per heavy atom. The van der Waals surface area contributed by atoms with Gasteiger partial charge in [-0.05, 0) is 37.6 Å². The molecule has 0 aliphatic rings. The van der Waals surface area contributed by atoms with Crippen LogP contribution in [0.3, 0.4) is 0 Å². The molecule has 2 aromatic carbocycles. The van der Waals surface area contributed by atoms with Gasteiger partial charge in [-0.25, -0.2) is 9.67 Å². The van der Waals surface area contributed by atoms with Crippen molar-refractivity contribution in [1.29, 1.82) is 0 Å². The zero-order valence-corrected chi connectivity index (χ0v) is 15.2. The Hall–Kier alpha value is -2.99. The van der Waals surface area contributed by atoms with Crippen LogP contribution in [0.2, 0.25) is 0 Å². The second-order valence-electron chi connectivity index (χ2n) is 6.13. The lowest BCUT2D eigenvalue weighted by Crippen LogP contribution is -2.28. The number of nitrogens with one attached hydrogen (secondary N) is 1. The highest BCUT2D eigenvalue weighted by Gasteiger charge is 2.18. The number of amides is 1. The summed E-state index contributed by atoms with van der Waals surface area (Å²) in [6.45, 7) is 4.89. The zero-order valence-electron chi connectivity index (χ0n) is 15.2. The van der Waals surface area contributed by atoms with Crippen LogP contribution in [0.15, 0.2) is 48.5 Å². The van der Waals surface area contributed by atoms with E-state index in [-0.39, 0.29) is 11.7 Å². The number of aromatic nitrogens is 3. The van der Waals surface area contributed by atoms with Gasteiger partial charge in [0, 0.05) is 19.2 Å². The number of benzene rings is 2. The van der Waals surface area contributed by atoms with Gasteiger partial charge in [-0.15, -0.1) is 5.10 Å². The number of carbonyl (C=O) groups is 1. The highest BCUT2D eigenvalue weighted by atomic mass is 16.5. The van der Waals surface area contributed by atoms with Crippen LogP contribution in [-0.2, 0) is 4.74 Å². The first-order valence-electron chi connectivity index (χ1n) is 8.47.